The number of hydrogen-bond acceptors (Lipinski definition) is 3. The standard InChI is InChI=1S/C26H26N2O2/c29-26(27-22-10-7-19(8-11-22)13-16-28-14-3-4-15-28)21-17-24-23-6-2-1-5-20(23)9-12-25(24)30-18-21/h1-2,5-12,17H,3-4,13-16,18H2,(H,27,29). The van der Waals surface area contributed by atoms with Gasteiger partial charge in [-0.25, -0.2) is 0 Å². The fraction of sp³-hybridized carbons (Fsp3) is 0.269. The summed E-state index contributed by atoms with van der Waals surface area (Å²) in [6.07, 6.45) is 5.66. The van der Waals surface area contributed by atoms with Gasteiger partial charge in [0.15, 0.2) is 0 Å². The molecule has 0 atom stereocenters. The van der Waals surface area contributed by atoms with Crippen molar-refractivity contribution in [2.75, 3.05) is 31.6 Å². The van der Waals surface area contributed by atoms with E-state index in [1.54, 1.807) is 0 Å². The zero-order valence-corrected chi connectivity index (χ0v) is 17.1. The second-order valence-electron chi connectivity index (χ2n) is 8.11. The summed E-state index contributed by atoms with van der Waals surface area (Å²) in [5, 5.41) is 5.26. The molecule has 152 valence electrons. The number of carbonyl (C=O) groups is 1. The molecule has 4 nitrogen and oxygen atoms in total. The summed E-state index contributed by atoms with van der Waals surface area (Å²) in [6, 6.07) is 20.4. The number of anilines is 1. The lowest BCUT2D eigenvalue weighted by Gasteiger charge is -2.19. The third-order valence-corrected chi connectivity index (χ3v) is 6.05. The fourth-order valence-corrected chi connectivity index (χ4v) is 4.31. The lowest BCUT2D eigenvalue weighted by molar-refractivity contribution is -0.113. The summed E-state index contributed by atoms with van der Waals surface area (Å²) in [4.78, 5) is 15.4. The maximum atomic E-state index is 12.8. The van der Waals surface area contributed by atoms with Crippen LogP contribution in [-0.2, 0) is 11.2 Å². The Hall–Kier alpha value is -3.11. The molecule has 3 aromatic rings. The highest BCUT2D eigenvalue weighted by molar-refractivity contribution is 6.09. The number of fused-ring (bicyclic) bond motifs is 3. The molecule has 0 saturated carbocycles. The molecule has 3 aromatic carbocycles. The number of rotatable bonds is 5. The Kier molecular flexibility index (Phi) is 5.24. The maximum Gasteiger partial charge on any atom is 0.255 e. The first-order chi connectivity index (χ1) is 14.8. The Labute approximate surface area is 177 Å². The van der Waals surface area contributed by atoms with E-state index in [9.17, 15) is 4.79 Å². The highest BCUT2D eigenvalue weighted by Crippen LogP contribution is 2.33. The van der Waals surface area contributed by atoms with Crippen LogP contribution in [0.15, 0.2) is 66.2 Å². The Bertz CT molecular complexity index is 1100. The lowest BCUT2D eigenvalue weighted by atomic mass is 9.99. The number of carbonyl (C=O) groups excluding carboxylic acids is 1. The third-order valence-electron chi connectivity index (χ3n) is 6.05. The van der Waals surface area contributed by atoms with Gasteiger partial charge in [-0.3, -0.25) is 4.79 Å². The summed E-state index contributed by atoms with van der Waals surface area (Å²) in [6.45, 7) is 3.85. The zero-order chi connectivity index (χ0) is 20.3. The van der Waals surface area contributed by atoms with Crippen LogP contribution in [0, 0.1) is 0 Å². The average molecular weight is 399 g/mol. The topological polar surface area (TPSA) is 41.6 Å². The van der Waals surface area contributed by atoms with E-state index in [-0.39, 0.29) is 12.5 Å². The molecular formula is C26H26N2O2. The lowest BCUT2D eigenvalue weighted by Crippen LogP contribution is -2.22. The summed E-state index contributed by atoms with van der Waals surface area (Å²) < 4.78 is 5.87. The minimum absolute atomic E-state index is 0.113. The SMILES string of the molecule is O=C(Nc1ccc(CCN2CCCC2)cc1)C1=Cc2c(ccc3ccccc23)OC1. The smallest absolute Gasteiger partial charge is 0.255 e. The number of likely N-dealkylation sites (tertiary alicyclic amines) is 1. The van der Waals surface area contributed by atoms with Crippen molar-refractivity contribution in [3.8, 4) is 5.75 Å². The van der Waals surface area contributed by atoms with Crippen LogP contribution in [0.3, 0.4) is 0 Å². The van der Waals surface area contributed by atoms with Crippen molar-refractivity contribution in [1.29, 1.82) is 0 Å². The molecule has 0 radical (unpaired) electrons. The van der Waals surface area contributed by atoms with E-state index in [2.05, 4.69) is 40.5 Å². The second kappa shape index (κ2) is 8.33. The minimum atomic E-state index is -0.113. The van der Waals surface area contributed by atoms with Gasteiger partial charge in [-0.15, -0.1) is 0 Å². The van der Waals surface area contributed by atoms with Crippen molar-refractivity contribution >= 4 is 28.4 Å². The Morgan fingerprint density at radius 2 is 1.77 bits per heavy atom. The third kappa shape index (κ3) is 3.96. The largest absolute Gasteiger partial charge is 0.488 e. The van der Waals surface area contributed by atoms with Crippen molar-refractivity contribution < 1.29 is 9.53 Å². The molecule has 1 saturated heterocycles. The van der Waals surface area contributed by atoms with E-state index in [4.69, 9.17) is 4.74 Å². The molecule has 5 rings (SSSR count). The summed E-state index contributed by atoms with van der Waals surface area (Å²) in [5.41, 5.74) is 3.73. The number of nitrogens with zero attached hydrogens (tertiary/aromatic N) is 1. The normalized spacial score (nSPS) is 16.1. The predicted molar refractivity (Wildman–Crippen MR) is 122 cm³/mol. The minimum Gasteiger partial charge on any atom is -0.488 e. The van der Waals surface area contributed by atoms with Gasteiger partial charge in [0.1, 0.15) is 12.4 Å². The van der Waals surface area contributed by atoms with Crippen molar-refractivity contribution in [2.24, 2.45) is 0 Å². The molecule has 2 aliphatic rings. The molecule has 0 spiro atoms. The Balaban J connectivity index is 1.27. The molecule has 0 aliphatic carbocycles. The monoisotopic (exact) mass is 398 g/mol. The van der Waals surface area contributed by atoms with Crippen molar-refractivity contribution in [1.82, 2.24) is 4.90 Å². The molecule has 0 unspecified atom stereocenters. The van der Waals surface area contributed by atoms with Crippen LogP contribution in [0.1, 0.15) is 24.0 Å². The first-order valence-electron chi connectivity index (χ1n) is 10.7. The number of benzene rings is 3. The number of amides is 1. The van der Waals surface area contributed by atoms with Gasteiger partial charge < -0.3 is 15.0 Å². The van der Waals surface area contributed by atoms with Crippen molar-refractivity contribution in [2.45, 2.75) is 19.3 Å². The van der Waals surface area contributed by atoms with Crippen molar-refractivity contribution in [3.63, 3.8) is 0 Å². The number of hydrogen-bond donors (Lipinski definition) is 1. The summed E-state index contributed by atoms with van der Waals surface area (Å²) >= 11 is 0. The molecule has 4 heteroatoms. The highest BCUT2D eigenvalue weighted by atomic mass is 16.5. The van der Waals surface area contributed by atoms with Gasteiger partial charge in [-0.1, -0.05) is 42.5 Å². The van der Waals surface area contributed by atoms with Gasteiger partial charge in [-0.05, 0) is 73.0 Å². The van der Waals surface area contributed by atoms with E-state index < -0.39 is 0 Å². The van der Waals surface area contributed by atoms with Gasteiger partial charge in [-0.2, -0.15) is 0 Å². The Morgan fingerprint density at radius 3 is 2.60 bits per heavy atom. The van der Waals surface area contributed by atoms with Crippen molar-refractivity contribution in [3.05, 3.63) is 77.4 Å². The summed E-state index contributed by atoms with van der Waals surface area (Å²) in [5.74, 6) is 0.714. The molecule has 0 bridgehead atoms. The van der Waals surface area contributed by atoms with Gasteiger partial charge >= 0.3 is 0 Å². The van der Waals surface area contributed by atoms with Gasteiger partial charge in [0.2, 0.25) is 0 Å². The van der Waals surface area contributed by atoms with Crippen LogP contribution < -0.4 is 10.1 Å². The molecular weight excluding hydrogens is 372 g/mol. The maximum absolute atomic E-state index is 12.8. The second-order valence-corrected chi connectivity index (χ2v) is 8.11. The first kappa shape index (κ1) is 18.9. The molecule has 1 N–H and O–H groups in total. The highest BCUT2D eigenvalue weighted by Gasteiger charge is 2.19. The zero-order valence-electron chi connectivity index (χ0n) is 17.1. The average Bonchev–Trinajstić information content (AvgIpc) is 3.32. The molecule has 0 aromatic heterocycles. The molecule has 30 heavy (non-hydrogen) atoms. The first-order valence-corrected chi connectivity index (χ1v) is 10.7. The van der Waals surface area contributed by atoms with Crippen LogP contribution >= 0.6 is 0 Å². The molecule has 1 amide bonds. The summed E-state index contributed by atoms with van der Waals surface area (Å²) in [7, 11) is 0. The van der Waals surface area contributed by atoms with Crippen LogP contribution in [0.2, 0.25) is 0 Å². The van der Waals surface area contributed by atoms with Crippen LogP contribution in [-0.4, -0.2) is 37.0 Å². The van der Waals surface area contributed by atoms with Gasteiger partial charge in [0.05, 0.1) is 5.57 Å². The predicted octanol–water partition coefficient (Wildman–Crippen LogP) is 4.89. The quantitative estimate of drug-likeness (QED) is 0.665. The van der Waals surface area contributed by atoms with E-state index in [1.165, 1.54) is 31.5 Å². The molecule has 2 heterocycles. The molecule has 2 aliphatic heterocycles. The van der Waals surface area contributed by atoms with E-state index in [0.717, 1.165) is 40.7 Å². The van der Waals surface area contributed by atoms with E-state index in [1.807, 2.05) is 36.4 Å². The van der Waals surface area contributed by atoms with Gasteiger partial charge in [0.25, 0.3) is 5.91 Å². The number of ether oxygens (including phenoxy) is 1. The van der Waals surface area contributed by atoms with E-state index in [0.29, 0.717) is 5.57 Å². The molecule has 1 fully saturated rings. The van der Waals surface area contributed by atoms with E-state index >= 15 is 0 Å². The fourth-order valence-electron chi connectivity index (χ4n) is 4.31. The van der Waals surface area contributed by atoms with Crippen LogP contribution in [0.4, 0.5) is 5.69 Å². The number of nitrogens with one attached hydrogen (secondary N) is 1. The van der Waals surface area contributed by atoms with Crippen LogP contribution in [0.25, 0.3) is 16.8 Å². The Morgan fingerprint density at radius 1 is 0.967 bits per heavy atom. The van der Waals surface area contributed by atoms with Gasteiger partial charge in [0, 0.05) is 17.8 Å². The van der Waals surface area contributed by atoms with Crippen LogP contribution in [0.5, 0.6) is 5.75 Å².